The van der Waals surface area contributed by atoms with E-state index in [0.717, 1.165) is 12.8 Å². The molecule has 0 aromatic carbocycles. The molecule has 2 rings (SSSR count). The number of hydrogen-bond acceptors (Lipinski definition) is 3. The molecule has 0 aromatic heterocycles. The van der Waals surface area contributed by atoms with E-state index in [9.17, 15) is 9.59 Å². The molecule has 0 aromatic rings. The molecule has 0 spiro atoms. The van der Waals surface area contributed by atoms with Crippen molar-refractivity contribution in [1.82, 2.24) is 10.2 Å². The van der Waals surface area contributed by atoms with Gasteiger partial charge in [0.1, 0.15) is 6.04 Å². The highest BCUT2D eigenvalue weighted by Gasteiger charge is 2.31. The summed E-state index contributed by atoms with van der Waals surface area (Å²) in [6, 6.07) is -0.392. The number of ether oxygens (including phenoxy) is 1. The lowest BCUT2D eigenvalue weighted by Crippen LogP contribution is -2.48. The zero-order chi connectivity index (χ0) is 14.5. The van der Waals surface area contributed by atoms with E-state index in [1.54, 1.807) is 4.90 Å². The maximum Gasteiger partial charge on any atom is 0.245 e. The number of carbonyl (C=O) groups excluding carboxylic acids is 2. The molecule has 0 bridgehead atoms. The molecule has 1 aliphatic carbocycles. The highest BCUT2D eigenvalue weighted by Crippen LogP contribution is 2.20. The Kier molecular flexibility index (Phi) is 5.40. The Labute approximate surface area is 121 Å². The summed E-state index contributed by atoms with van der Waals surface area (Å²) in [4.78, 5) is 25.8. The van der Waals surface area contributed by atoms with Crippen LogP contribution in [0, 0.1) is 5.92 Å². The van der Waals surface area contributed by atoms with E-state index < -0.39 is 6.04 Å². The third-order valence-corrected chi connectivity index (χ3v) is 4.19. The third-order valence-electron chi connectivity index (χ3n) is 4.19. The van der Waals surface area contributed by atoms with E-state index in [2.05, 4.69) is 5.32 Å². The number of rotatable bonds is 5. The van der Waals surface area contributed by atoms with Gasteiger partial charge in [-0.15, -0.1) is 0 Å². The molecule has 114 valence electrons. The standard InChI is InChI=1S/C15H26N2O3/c1-11(2)14-15(19)17(8-7-13(18)16-14)9-10-20-12-5-3-4-6-12/h11-12,14H,3-10H2,1-2H3,(H,16,18). The first kappa shape index (κ1) is 15.3. The maximum atomic E-state index is 12.4. The molecular formula is C15H26N2O3. The van der Waals surface area contributed by atoms with Crippen molar-refractivity contribution in [1.29, 1.82) is 0 Å². The molecule has 2 fully saturated rings. The Morgan fingerprint density at radius 3 is 2.65 bits per heavy atom. The van der Waals surface area contributed by atoms with Gasteiger partial charge in [0.2, 0.25) is 11.8 Å². The van der Waals surface area contributed by atoms with Gasteiger partial charge in [-0.2, -0.15) is 0 Å². The van der Waals surface area contributed by atoms with Gasteiger partial charge >= 0.3 is 0 Å². The second-order valence-corrected chi connectivity index (χ2v) is 6.14. The van der Waals surface area contributed by atoms with Crippen molar-refractivity contribution >= 4 is 11.8 Å². The molecule has 2 aliphatic rings. The lowest BCUT2D eigenvalue weighted by atomic mass is 10.0. The minimum atomic E-state index is -0.392. The lowest BCUT2D eigenvalue weighted by Gasteiger charge is -2.26. The van der Waals surface area contributed by atoms with Crippen LogP contribution in [0.1, 0.15) is 46.0 Å². The summed E-state index contributed by atoms with van der Waals surface area (Å²) in [5.74, 6) is 0.111. The normalized spacial score (nSPS) is 25.1. The SMILES string of the molecule is CC(C)C1NC(=O)CCN(CCOC2CCCC2)C1=O. The highest BCUT2D eigenvalue weighted by molar-refractivity contribution is 5.90. The first-order valence-electron chi connectivity index (χ1n) is 7.77. The van der Waals surface area contributed by atoms with Crippen LogP contribution in [0.5, 0.6) is 0 Å². The molecule has 1 N–H and O–H groups in total. The van der Waals surface area contributed by atoms with Crippen LogP contribution in [0.15, 0.2) is 0 Å². The highest BCUT2D eigenvalue weighted by atomic mass is 16.5. The van der Waals surface area contributed by atoms with E-state index in [0.29, 0.717) is 32.2 Å². The Balaban J connectivity index is 1.84. The summed E-state index contributed by atoms with van der Waals surface area (Å²) >= 11 is 0. The molecule has 1 saturated heterocycles. The topological polar surface area (TPSA) is 58.6 Å². The van der Waals surface area contributed by atoms with Gasteiger partial charge in [0.25, 0.3) is 0 Å². The average Bonchev–Trinajstić information content (AvgIpc) is 2.87. The lowest BCUT2D eigenvalue weighted by molar-refractivity contribution is -0.135. The van der Waals surface area contributed by atoms with Crippen molar-refractivity contribution in [2.24, 2.45) is 5.92 Å². The molecule has 20 heavy (non-hydrogen) atoms. The van der Waals surface area contributed by atoms with Gasteiger partial charge in [-0.1, -0.05) is 26.7 Å². The van der Waals surface area contributed by atoms with Crippen LogP contribution < -0.4 is 5.32 Å². The summed E-state index contributed by atoms with van der Waals surface area (Å²) in [6.07, 6.45) is 5.55. The first-order valence-corrected chi connectivity index (χ1v) is 7.77. The van der Waals surface area contributed by atoms with Gasteiger partial charge in [0.15, 0.2) is 0 Å². The van der Waals surface area contributed by atoms with Crippen LogP contribution >= 0.6 is 0 Å². The van der Waals surface area contributed by atoms with Crippen LogP contribution in [-0.2, 0) is 14.3 Å². The molecule has 5 heteroatoms. The largest absolute Gasteiger partial charge is 0.376 e. The fraction of sp³-hybridized carbons (Fsp3) is 0.867. The van der Waals surface area contributed by atoms with E-state index in [1.807, 2.05) is 13.8 Å². The summed E-state index contributed by atoms with van der Waals surface area (Å²) in [6.45, 7) is 5.59. The molecule has 5 nitrogen and oxygen atoms in total. The molecule has 1 unspecified atom stereocenters. The van der Waals surface area contributed by atoms with Gasteiger partial charge in [-0.05, 0) is 18.8 Å². The Hall–Kier alpha value is -1.10. The zero-order valence-electron chi connectivity index (χ0n) is 12.6. The summed E-state index contributed by atoms with van der Waals surface area (Å²) in [5.41, 5.74) is 0. The van der Waals surface area contributed by atoms with Crippen molar-refractivity contribution in [3.63, 3.8) is 0 Å². The molecular weight excluding hydrogens is 256 g/mol. The molecule has 0 radical (unpaired) electrons. The van der Waals surface area contributed by atoms with Crippen LogP contribution in [0.3, 0.4) is 0 Å². The van der Waals surface area contributed by atoms with Crippen LogP contribution in [-0.4, -0.2) is 48.6 Å². The quantitative estimate of drug-likeness (QED) is 0.827. The Morgan fingerprint density at radius 2 is 2.00 bits per heavy atom. The van der Waals surface area contributed by atoms with Crippen molar-refractivity contribution < 1.29 is 14.3 Å². The fourth-order valence-corrected chi connectivity index (χ4v) is 2.91. The monoisotopic (exact) mass is 282 g/mol. The molecule has 2 amide bonds. The van der Waals surface area contributed by atoms with Gasteiger partial charge < -0.3 is 15.0 Å². The predicted molar refractivity (Wildman–Crippen MR) is 76.2 cm³/mol. The Bertz CT molecular complexity index is 351. The van der Waals surface area contributed by atoms with Gasteiger partial charge in [0, 0.05) is 19.5 Å². The van der Waals surface area contributed by atoms with Crippen molar-refractivity contribution in [3.05, 3.63) is 0 Å². The second-order valence-electron chi connectivity index (χ2n) is 6.14. The smallest absolute Gasteiger partial charge is 0.245 e. The van der Waals surface area contributed by atoms with E-state index in [4.69, 9.17) is 4.74 Å². The van der Waals surface area contributed by atoms with E-state index in [1.165, 1.54) is 12.8 Å². The molecule has 1 saturated carbocycles. The summed E-state index contributed by atoms with van der Waals surface area (Å²) in [5, 5.41) is 2.82. The van der Waals surface area contributed by atoms with Crippen molar-refractivity contribution in [3.8, 4) is 0 Å². The molecule has 1 aliphatic heterocycles. The Morgan fingerprint density at radius 1 is 1.30 bits per heavy atom. The third kappa shape index (κ3) is 3.95. The summed E-state index contributed by atoms with van der Waals surface area (Å²) < 4.78 is 5.82. The molecule has 1 heterocycles. The molecule has 1 atom stereocenters. The van der Waals surface area contributed by atoms with E-state index in [-0.39, 0.29) is 17.7 Å². The average molecular weight is 282 g/mol. The van der Waals surface area contributed by atoms with Gasteiger partial charge in [0.05, 0.1) is 12.7 Å². The maximum absolute atomic E-state index is 12.4. The van der Waals surface area contributed by atoms with Gasteiger partial charge in [-0.3, -0.25) is 9.59 Å². The minimum Gasteiger partial charge on any atom is -0.376 e. The fourth-order valence-electron chi connectivity index (χ4n) is 2.91. The number of carbonyl (C=O) groups is 2. The first-order chi connectivity index (χ1) is 9.58. The van der Waals surface area contributed by atoms with Crippen LogP contribution in [0.2, 0.25) is 0 Å². The van der Waals surface area contributed by atoms with Crippen molar-refractivity contribution in [2.75, 3.05) is 19.7 Å². The minimum absolute atomic E-state index is 0.0286. The number of amides is 2. The van der Waals surface area contributed by atoms with Crippen LogP contribution in [0.4, 0.5) is 0 Å². The summed E-state index contributed by atoms with van der Waals surface area (Å²) in [7, 11) is 0. The number of nitrogens with zero attached hydrogens (tertiary/aromatic N) is 1. The van der Waals surface area contributed by atoms with E-state index >= 15 is 0 Å². The predicted octanol–water partition coefficient (Wildman–Crippen LogP) is 1.32. The van der Waals surface area contributed by atoms with Crippen molar-refractivity contribution in [2.45, 2.75) is 58.1 Å². The second kappa shape index (κ2) is 7.07. The zero-order valence-corrected chi connectivity index (χ0v) is 12.6. The van der Waals surface area contributed by atoms with Gasteiger partial charge in [-0.25, -0.2) is 0 Å². The number of hydrogen-bond donors (Lipinski definition) is 1. The van der Waals surface area contributed by atoms with Crippen LogP contribution in [0.25, 0.3) is 0 Å². The number of nitrogens with one attached hydrogen (secondary N) is 1.